The van der Waals surface area contributed by atoms with Crippen molar-refractivity contribution < 1.29 is 14.4 Å². The Labute approximate surface area is 313 Å². The molecule has 3 N–H and O–H groups in total. The van der Waals surface area contributed by atoms with Gasteiger partial charge in [0.15, 0.2) is 0 Å². The summed E-state index contributed by atoms with van der Waals surface area (Å²) in [5.74, 6) is 0.939. The molecule has 0 fully saturated rings. The minimum Gasteiger partial charge on any atom is -0.348 e. The van der Waals surface area contributed by atoms with Gasteiger partial charge in [0.05, 0.1) is 17.6 Å². The number of carbonyl (C=O) groups is 2. The number of aromatic amines is 1. The van der Waals surface area contributed by atoms with Gasteiger partial charge in [-0.3, -0.25) is 14.4 Å². The van der Waals surface area contributed by atoms with E-state index in [9.17, 15) is 9.59 Å². The average molecular weight is 719 g/mol. The molecule has 272 valence electrons. The smallest absolute Gasteiger partial charge is 0.251 e. The average Bonchev–Trinajstić information content (AvgIpc) is 3.85. The predicted octanol–water partition coefficient (Wildman–Crippen LogP) is 7.17. The van der Waals surface area contributed by atoms with Crippen molar-refractivity contribution in [2.75, 3.05) is 0 Å². The van der Waals surface area contributed by atoms with Crippen molar-refractivity contribution in [2.24, 2.45) is 0 Å². The maximum absolute atomic E-state index is 14.0. The first kappa shape index (κ1) is 35.9. The maximum atomic E-state index is 14.0. The van der Waals surface area contributed by atoms with Crippen molar-refractivity contribution in [2.45, 2.75) is 58.7 Å². The number of tetrazole rings is 1. The summed E-state index contributed by atoms with van der Waals surface area (Å²) < 4.78 is 2.21. The van der Waals surface area contributed by atoms with Crippen molar-refractivity contribution in [1.29, 1.82) is 0 Å². The van der Waals surface area contributed by atoms with Gasteiger partial charge in [-0.1, -0.05) is 116 Å². The molecule has 0 unspecified atom stereocenters. The topological polar surface area (TPSA) is 140 Å². The molecular formula is C43H42N8O3. The second kappa shape index (κ2) is 16.9. The minimum atomic E-state index is -0.472. The fourth-order valence-corrected chi connectivity index (χ4v) is 6.72. The van der Waals surface area contributed by atoms with E-state index in [1.807, 2.05) is 97.9 Å². The normalized spacial score (nSPS) is 11.7. The van der Waals surface area contributed by atoms with Crippen LogP contribution in [0.2, 0.25) is 0 Å². The fraction of sp³-hybridized carbons (Fsp3) is 0.209. The molecule has 7 rings (SSSR count). The quantitative estimate of drug-likeness (QED) is 0.0956. The molecule has 0 saturated carbocycles. The van der Waals surface area contributed by atoms with E-state index < -0.39 is 6.04 Å². The standard InChI is InChI=1S/C43H42N8O3/c1-3-12-39-45-41-29(2)23-34(43(53)44-35(24-30-13-6-4-7-14-30)26-40(52)48-54-28-32-15-8-5-9-16-32)25-38(41)51(39)27-31-19-21-33(22-20-31)36-17-10-11-18-37(36)42-46-49-50-47-42/h4-11,13-23,25,35H,3,12,24,26-28H2,1-2H3,(H,44,53)(H,48,52)(H,46,47,49,50)/t35-/m1/s1. The van der Waals surface area contributed by atoms with Crippen molar-refractivity contribution in [3.8, 4) is 22.5 Å². The third-order valence-corrected chi connectivity index (χ3v) is 9.34. The van der Waals surface area contributed by atoms with E-state index >= 15 is 0 Å². The van der Waals surface area contributed by atoms with Crippen LogP contribution in [0.25, 0.3) is 33.5 Å². The van der Waals surface area contributed by atoms with Gasteiger partial charge in [-0.15, -0.1) is 10.2 Å². The number of hydrogen-bond donors (Lipinski definition) is 3. The van der Waals surface area contributed by atoms with E-state index in [0.29, 0.717) is 24.4 Å². The Kier molecular flexibility index (Phi) is 11.3. The first-order valence-corrected chi connectivity index (χ1v) is 18.2. The molecule has 2 aromatic heterocycles. The van der Waals surface area contributed by atoms with Crippen LogP contribution in [0.1, 0.15) is 58.2 Å². The Hall–Kier alpha value is -6.46. The number of nitrogens with one attached hydrogen (secondary N) is 3. The molecule has 2 heterocycles. The van der Waals surface area contributed by atoms with Gasteiger partial charge < -0.3 is 9.88 Å². The van der Waals surface area contributed by atoms with Crippen molar-refractivity contribution in [3.63, 3.8) is 0 Å². The maximum Gasteiger partial charge on any atom is 0.251 e. The minimum absolute atomic E-state index is 0.0464. The number of hydroxylamine groups is 1. The van der Waals surface area contributed by atoms with E-state index in [-0.39, 0.29) is 24.8 Å². The molecular weight excluding hydrogens is 677 g/mol. The number of H-pyrrole nitrogens is 1. The summed E-state index contributed by atoms with van der Waals surface area (Å²) in [6, 6.07) is 39.2. The summed E-state index contributed by atoms with van der Waals surface area (Å²) in [5.41, 5.74) is 11.7. The number of rotatable bonds is 15. The third kappa shape index (κ3) is 8.59. The Morgan fingerprint density at radius 1 is 0.833 bits per heavy atom. The Morgan fingerprint density at radius 2 is 1.54 bits per heavy atom. The van der Waals surface area contributed by atoms with Gasteiger partial charge in [0.2, 0.25) is 11.7 Å². The Morgan fingerprint density at radius 3 is 2.24 bits per heavy atom. The lowest BCUT2D eigenvalue weighted by atomic mass is 9.98. The molecule has 5 aromatic carbocycles. The van der Waals surface area contributed by atoms with Gasteiger partial charge in [0.1, 0.15) is 5.82 Å². The molecule has 0 aliphatic heterocycles. The van der Waals surface area contributed by atoms with Crippen LogP contribution in [-0.4, -0.2) is 48.0 Å². The highest BCUT2D eigenvalue weighted by molar-refractivity contribution is 5.99. The molecule has 0 bridgehead atoms. The lowest BCUT2D eigenvalue weighted by molar-refractivity contribution is -0.135. The van der Waals surface area contributed by atoms with Crippen LogP contribution in [-0.2, 0) is 35.6 Å². The number of nitrogens with zero attached hydrogens (tertiary/aromatic N) is 5. The van der Waals surface area contributed by atoms with Gasteiger partial charge >= 0.3 is 0 Å². The predicted molar refractivity (Wildman–Crippen MR) is 208 cm³/mol. The van der Waals surface area contributed by atoms with Gasteiger partial charge in [-0.25, -0.2) is 10.5 Å². The van der Waals surface area contributed by atoms with E-state index in [4.69, 9.17) is 9.82 Å². The summed E-state index contributed by atoms with van der Waals surface area (Å²) in [6.45, 7) is 4.96. The molecule has 7 aromatic rings. The van der Waals surface area contributed by atoms with Gasteiger partial charge in [-0.2, -0.15) is 5.21 Å². The van der Waals surface area contributed by atoms with E-state index in [1.165, 1.54) is 0 Å². The molecule has 11 nitrogen and oxygen atoms in total. The molecule has 0 aliphatic rings. The summed E-state index contributed by atoms with van der Waals surface area (Å²) in [4.78, 5) is 37.6. The zero-order chi connectivity index (χ0) is 37.3. The summed E-state index contributed by atoms with van der Waals surface area (Å²) in [6.07, 6.45) is 2.26. The van der Waals surface area contributed by atoms with Gasteiger partial charge in [0, 0.05) is 36.6 Å². The number of imidazole rings is 1. The molecule has 54 heavy (non-hydrogen) atoms. The number of aromatic nitrogens is 6. The number of hydrogen-bond acceptors (Lipinski definition) is 7. The number of fused-ring (bicyclic) bond motifs is 1. The fourth-order valence-electron chi connectivity index (χ4n) is 6.72. The lowest BCUT2D eigenvalue weighted by Crippen LogP contribution is -2.40. The van der Waals surface area contributed by atoms with E-state index in [1.54, 1.807) is 0 Å². The van der Waals surface area contributed by atoms with Crippen LogP contribution < -0.4 is 10.8 Å². The monoisotopic (exact) mass is 718 g/mol. The second-order valence-electron chi connectivity index (χ2n) is 13.4. The zero-order valence-corrected chi connectivity index (χ0v) is 30.3. The number of aryl methyl sites for hydroxylation is 2. The summed E-state index contributed by atoms with van der Waals surface area (Å²) >= 11 is 0. The lowest BCUT2D eigenvalue weighted by Gasteiger charge is -2.19. The third-order valence-electron chi connectivity index (χ3n) is 9.34. The number of benzene rings is 5. The molecule has 0 radical (unpaired) electrons. The molecule has 1 atom stereocenters. The highest BCUT2D eigenvalue weighted by Crippen LogP contribution is 2.30. The van der Waals surface area contributed by atoms with Crippen LogP contribution in [0.4, 0.5) is 0 Å². The van der Waals surface area contributed by atoms with Gasteiger partial charge in [0.25, 0.3) is 5.91 Å². The van der Waals surface area contributed by atoms with Crippen LogP contribution in [0.3, 0.4) is 0 Å². The molecule has 11 heteroatoms. The first-order chi connectivity index (χ1) is 26.4. The summed E-state index contributed by atoms with van der Waals surface area (Å²) in [5, 5.41) is 17.8. The SMILES string of the molecule is CCCc1nc2c(C)cc(C(=O)N[C@@H](CC(=O)NOCc3ccccc3)Cc3ccccc3)cc2n1Cc1ccc(-c2ccccc2-c2nn[nH]n2)cc1. The number of carbonyl (C=O) groups excluding carboxylic acids is 2. The second-order valence-corrected chi connectivity index (χ2v) is 13.4. The van der Waals surface area contributed by atoms with Crippen molar-refractivity contribution in [3.05, 3.63) is 155 Å². The van der Waals surface area contributed by atoms with Gasteiger partial charge in [-0.05, 0) is 70.5 Å². The first-order valence-electron chi connectivity index (χ1n) is 18.2. The summed E-state index contributed by atoms with van der Waals surface area (Å²) in [7, 11) is 0. The van der Waals surface area contributed by atoms with Crippen LogP contribution in [0, 0.1) is 6.92 Å². The van der Waals surface area contributed by atoms with Crippen molar-refractivity contribution in [1.82, 2.24) is 41.0 Å². The van der Waals surface area contributed by atoms with Crippen molar-refractivity contribution >= 4 is 22.8 Å². The van der Waals surface area contributed by atoms with E-state index in [0.717, 1.165) is 68.6 Å². The number of amides is 2. The zero-order valence-electron chi connectivity index (χ0n) is 30.3. The van der Waals surface area contributed by atoms with Crippen LogP contribution >= 0.6 is 0 Å². The molecule has 0 aliphatic carbocycles. The molecule has 0 spiro atoms. The highest BCUT2D eigenvalue weighted by Gasteiger charge is 2.21. The highest BCUT2D eigenvalue weighted by atomic mass is 16.6. The van der Waals surface area contributed by atoms with Crippen LogP contribution in [0.15, 0.2) is 121 Å². The van der Waals surface area contributed by atoms with E-state index in [2.05, 4.69) is 73.2 Å². The van der Waals surface area contributed by atoms with Crippen LogP contribution in [0.5, 0.6) is 0 Å². The molecule has 2 amide bonds. The largest absolute Gasteiger partial charge is 0.348 e. The molecule has 0 saturated heterocycles. The Bertz CT molecular complexity index is 2320. The Balaban J connectivity index is 1.11.